The smallest absolute Gasteiger partial charge is 0.247 e. The average Bonchev–Trinajstić information content (AvgIpc) is 2.26. The number of hydrogen-bond acceptors (Lipinski definition) is 4. The second-order valence-electron chi connectivity index (χ2n) is 3.20. The quantitative estimate of drug-likeness (QED) is 0.629. The summed E-state index contributed by atoms with van der Waals surface area (Å²) in [5, 5.41) is 9.01. The third-order valence-electron chi connectivity index (χ3n) is 1.92. The molecule has 0 heterocycles. The lowest BCUT2D eigenvalue weighted by Gasteiger charge is -2.09. The number of sulfonamides is 1. The third kappa shape index (κ3) is 3.48. The largest absolute Gasteiger partial charge is 0.382 e. The van der Waals surface area contributed by atoms with Crippen LogP contribution in [-0.2, 0) is 14.8 Å². The van der Waals surface area contributed by atoms with Gasteiger partial charge in [-0.15, -0.1) is 0 Å². The Morgan fingerprint density at radius 1 is 1.47 bits per heavy atom. The molecule has 94 valence electrons. The van der Waals surface area contributed by atoms with Crippen LogP contribution in [0.4, 0.5) is 4.39 Å². The molecule has 4 N–H and O–H groups in total. The van der Waals surface area contributed by atoms with Crippen LogP contribution in [0.3, 0.4) is 0 Å². The minimum absolute atomic E-state index is 0.559. The number of amides is 1. The molecule has 0 aromatic heterocycles. The number of halogens is 1. The van der Waals surface area contributed by atoms with Gasteiger partial charge >= 0.3 is 0 Å². The third-order valence-corrected chi connectivity index (χ3v) is 3.38. The van der Waals surface area contributed by atoms with E-state index in [0.717, 1.165) is 12.1 Å². The molecule has 0 aliphatic heterocycles. The monoisotopic (exact) mass is 262 g/mol. The van der Waals surface area contributed by atoms with Gasteiger partial charge in [0.2, 0.25) is 15.9 Å². The number of aliphatic hydroxyl groups excluding tert-OH is 1. The number of carbonyl (C=O) groups excluding carboxylic acids is 1. The Kier molecular flexibility index (Phi) is 4.16. The van der Waals surface area contributed by atoms with E-state index >= 15 is 0 Å². The highest BCUT2D eigenvalue weighted by atomic mass is 32.2. The molecule has 8 heteroatoms. The van der Waals surface area contributed by atoms with Crippen LogP contribution < -0.4 is 10.5 Å². The van der Waals surface area contributed by atoms with Crippen molar-refractivity contribution in [2.45, 2.75) is 11.0 Å². The van der Waals surface area contributed by atoms with Crippen LogP contribution in [0.25, 0.3) is 0 Å². The fraction of sp³-hybridized carbons (Fsp3) is 0.222. The van der Waals surface area contributed by atoms with E-state index in [1.54, 1.807) is 0 Å². The highest BCUT2D eigenvalue weighted by molar-refractivity contribution is 7.89. The molecule has 6 nitrogen and oxygen atoms in total. The average molecular weight is 262 g/mol. The summed E-state index contributed by atoms with van der Waals surface area (Å²) in [5.74, 6) is -1.99. The van der Waals surface area contributed by atoms with E-state index in [1.807, 2.05) is 4.72 Å². The van der Waals surface area contributed by atoms with Gasteiger partial charge in [-0.1, -0.05) is 12.1 Å². The number of hydrogen-bond donors (Lipinski definition) is 3. The molecule has 0 radical (unpaired) electrons. The molecular formula is C9H11FN2O4S. The zero-order valence-electron chi connectivity index (χ0n) is 8.63. The van der Waals surface area contributed by atoms with Crippen LogP contribution in [0.15, 0.2) is 29.2 Å². The van der Waals surface area contributed by atoms with Gasteiger partial charge in [-0.3, -0.25) is 4.79 Å². The predicted molar refractivity (Wildman–Crippen MR) is 56.8 cm³/mol. The van der Waals surface area contributed by atoms with Crippen LogP contribution in [0.5, 0.6) is 0 Å². The minimum Gasteiger partial charge on any atom is -0.382 e. The number of aliphatic hydroxyl groups is 1. The topological polar surface area (TPSA) is 109 Å². The van der Waals surface area contributed by atoms with Crippen molar-refractivity contribution in [1.82, 2.24) is 4.72 Å². The summed E-state index contributed by atoms with van der Waals surface area (Å²) < 4.78 is 38.2. The Labute approximate surface area is 97.3 Å². The lowest BCUT2D eigenvalue weighted by Crippen LogP contribution is -2.40. The van der Waals surface area contributed by atoms with Crippen LogP contribution in [-0.4, -0.2) is 32.1 Å². The molecule has 1 aromatic rings. The summed E-state index contributed by atoms with van der Waals surface area (Å²) in [6.07, 6.45) is -1.66. The van der Waals surface area contributed by atoms with Crippen molar-refractivity contribution in [3.8, 4) is 0 Å². The predicted octanol–water partition coefficient (Wildman–Crippen LogP) is -1.05. The summed E-state index contributed by atoms with van der Waals surface area (Å²) in [6.45, 7) is -0.605. The maximum Gasteiger partial charge on any atom is 0.247 e. The Morgan fingerprint density at radius 3 is 2.59 bits per heavy atom. The molecular weight excluding hydrogens is 251 g/mol. The fourth-order valence-corrected chi connectivity index (χ4v) is 2.14. The zero-order valence-corrected chi connectivity index (χ0v) is 9.45. The van der Waals surface area contributed by atoms with Crippen LogP contribution in [0.1, 0.15) is 0 Å². The van der Waals surface area contributed by atoms with Gasteiger partial charge in [-0.25, -0.2) is 17.5 Å². The molecule has 0 aliphatic rings. The summed E-state index contributed by atoms with van der Waals surface area (Å²) in [5.41, 5.74) is 4.74. The maximum absolute atomic E-state index is 13.2. The Balaban J connectivity index is 2.84. The molecule has 1 aromatic carbocycles. The summed E-state index contributed by atoms with van der Waals surface area (Å²) in [7, 11) is -4.11. The number of nitrogens with two attached hydrogens (primary N) is 1. The van der Waals surface area contributed by atoms with Crippen molar-refractivity contribution in [1.29, 1.82) is 0 Å². The SMILES string of the molecule is NC(=O)C(O)CNS(=O)(=O)c1ccccc1F. The number of carbonyl (C=O) groups is 1. The lowest BCUT2D eigenvalue weighted by molar-refractivity contribution is -0.125. The normalized spacial score (nSPS) is 13.3. The summed E-state index contributed by atoms with van der Waals surface area (Å²) in [4.78, 5) is 9.92. The van der Waals surface area contributed by atoms with E-state index in [-0.39, 0.29) is 0 Å². The van der Waals surface area contributed by atoms with E-state index < -0.39 is 39.3 Å². The Morgan fingerprint density at radius 2 is 2.06 bits per heavy atom. The van der Waals surface area contributed by atoms with Gasteiger partial charge < -0.3 is 10.8 Å². The van der Waals surface area contributed by atoms with Gasteiger partial charge in [-0.2, -0.15) is 0 Å². The van der Waals surface area contributed by atoms with Crippen LogP contribution >= 0.6 is 0 Å². The molecule has 0 saturated carbocycles. The number of nitrogens with one attached hydrogen (secondary N) is 1. The summed E-state index contributed by atoms with van der Waals surface area (Å²) >= 11 is 0. The van der Waals surface area contributed by atoms with Crippen molar-refractivity contribution in [2.75, 3.05) is 6.54 Å². The molecule has 1 rings (SSSR count). The Bertz CT molecular complexity index is 517. The van der Waals surface area contributed by atoms with Gasteiger partial charge in [0.25, 0.3) is 0 Å². The van der Waals surface area contributed by atoms with Crippen LogP contribution in [0, 0.1) is 5.82 Å². The van der Waals surface area contributed by atoms with Gasteiger partial charge in [0.1, 0.15) is 16.8 Å². The molecule has 0 fully saturated rings. The molecule has 1 unspecified atom stereocenters. The standard InChI is InChI=1S/C9H11FN2O4S/c10-6-3-1-2-4-8(6)17(15,16)12-5-7(13)9(11)14/h1-4,7,12-13H,5H2,(H2,11,14). The first-order valence-electron chi connectivity index (χ1n) is 4.56. The first-order valence-corrected chi connectivity index (χ1v) is 6.04. The molecule has 0 spiro atoms. The molecule has 0 saturated heterocycles. The van der Waals surface area contributed by atoms with E-state index in [4.69, 9.17) is 10.8 Å². The molecule has 0 bridgehead atoms. The first kappa shape index (κ1) is 13.6. The van der Waals surface area contributed by atoms with Gasteiger partial charge in [0.05, 0.1) is 0 Å². The second kappa shape index (κ2) is 5.21. The van der Waals surface area contributed by atoms with Gasteiger partial charge in [-0.05, 0) is 12.1 Å². The van der Waals surface area contributed by atoms with E-state index in [1.165, 1.54) is 12.1 Å². The minimum atomic E-state index is -4.11. The van der Waals surface area contributed by atoms with Crippen LogP contribution in [0.2, 0.25) is 0 Å². The maximum atomic E-state index is 13.2. The first-order chi connectivity index (χ1) is 7.84. The molecule has 0 aliphatic carbocycles. The number of rotatable bonds is 5. The van der Waals surface area contributed by atoms with Gasteiger partial charge in [0.15, 0.2) is 0 Å². The highest BCUT2D eigenvalue weighted by Gasteiger charge is 2.20. The molecule has 17 heavy (non-hydrogen) atoms. The van der Waals surface area contributed by atoms with E-state index in [0.29, 0.717) is 0 Å². The number of primary amides is 1. The highest BCUT2D eigenvalue weighted by Crippen LogP contribution is 2.12. The van der Waals surface area contributed by atoms with E-state index in [9.17, 15) is 17.6 Å². The van der Waals surface area contributed by atoms with Crippen molar-refractivity contribution in [3.63, 3.8) is 0 Å². The van der Waals surface area contributed by atoms with Crippen molar-refractivity contribution < 1.29 is 22.7 Å². The number of benzene rings is 1. The van der Waals surface area contributed by atoms with Crippen molar-refractivity contribution >= 4 is 15.9 Å². The Hall–Kier alpha value is -1.51. The molecule has 1 amide bonds. The second-order valence-corrected chi connectivity index (χ2v) is 4.94. The summed E-state index contributed by atoms with van der Waals surface area (Å²) in [6, 6.07) is 4.74. The van der Waals surface area contributed by atoms with E-state index in [2.05, 4.69) is 0 Å². The zero-order chi connectivity index (χ0) is 13.1. The van der Waals surface area contributed by atoms with Crippen molar-refractivity contribution in [2.24, 2.45) is 5.73 Å². The lowest BCUT2D eigenvalue weighted by atomic mass is 10.3. The fourth-order valence-electron chi connectivity index (χ4n) is 1.03. The molecule has 1 atom stereocenters. The van der Waals surface area contributed by atoms with Gasteiger partial charge in [0, 0.05) is 6.54 Å². The van der Waals surface area contributed by atoms with Crippen molar-refractivity contribution in [3.05, 3.63) is 30.1 Å².